The third-order valence-corrected chi connectivity index (χ3v) is 3.47. The number of nitrogens with zero attached hydrogens (tertiary/aromatic N) is 1. The zero-order valence-corrected chi connectivity index (χ0v) is 11.9. The van der Waals surface area contributed by atoms with E-state index in [0.29, 0.717) is 11.6 Å². The summed E-state index contributed by atoms with van der Waals surface area (Å²) in [6, 6.07) is 7.62. The molecule has 1 aromatic rings. The van der Waals surface area contributed by atoms with Gasteiger partial charge in [-0.25, -0.2) is 4.79 Å². The summed E-state index contributed by atoms with van der Waals surface area (Å²) >= 11 is 0. The van der Waals surface area contributed by atoms with Gasteiger partial charge in [-0.3, -0.25) is 0 Å². The Morgan fingerprint density at radius 1 is 1.42 bits per heavy atom. The second-order valence-corrected chi connectivity index (χ2v) is 4.82. The molecule has 0 aliphatic carbocycles. The van der Waals surface area contributed by atoms with Crippen molar-refractivity contribution in [2.24, 2.45) is 0 Å². The molecule has 0 fully saturated rings. The Morgan fingerprint density at radius 3 is 2.74 bits per heavy atom. The maximum Gasteiger partial charge on any atom is 0.335 e. The van der Waals surface area contributed by atoms with Gasteiger partial charge < -0.3 is 14.7 Å². The smallest absolute Gasteiger partial charge is 0.335 e. The highest BCUT2D eigenvalue weighted by Crippen LogP contribution is 2.11. The van der Waals surface area contributed by atoms with Crippen LogP contribution in [0.5, 0.6) is 0 Å². The molecule has 0 radical (unpaired) electrons. The maximum absolute atomic E-state index is 11.1. The van der Waals surface area contributed by atoms with E-state index in [4.69, 9.17) is 9.84 Å². The fraction of sp³-hybridized carbons (Fsp3) is 0.533. The summed E-state index contributed by atoms with van der Waals surface area (Å²) in [5.74, 6) is -0.856. The van der Waals surface area contributed by atoms with Gasteiger partial charge in [0.2, 0.25) is 0 Å². The average molecular weight is 265 g/mol. The second kappa shape index (κ2) is 7.92. The first-order valence-corrected chi connectivity index (χ1v) is 6.56. The summed E-state index contributed by atoms with van der Waals surface area (Å²) in [7, 11) is 3.76. The molecule has 1 atom stereocenters. The number of hydrogen-bond acceptors (Lipinski definition) is 3. The standard InChI is InChI=1S/C15H23NO3/c1-12(9-11-19-3)16(2)10-8-13-6-4-5-7-14(13)15(17)18/h4-7,12H,8-11H2,1-3H3,(H,17,18). The number of carbonyl (C=O) groups is 1. The van der Waals surface area contributed by atoms with Crippen molar-refractivity contribution in [1.29, 1.82) is 0 Å². The van der Waals surface area contributed by atoms with Crippen LogP contribution in [0.25, 0.3) is 0 Å². The van der Waals surface area contributed by atoms with Gasteiger partial charge in [-0.2, -0.15) is 0 Å². The van der Waals surface area contributed by atoms with E-state index < -0.39 is 5.97 Å². The van der Waals surface area contributed by atoms with Crippen LogP contribution in [0.2, 0.25) is 0 Å². The summed E-state index contributed by atoms with van der Waals surface area (Å²) in [5, 5.41) is 9.13. The highest BCUT2D eigenvalue weighted by molar-refractivity contribution is 5.89. The molecule has 4 heteroatoms. The number of hydrogen-bond donors (Lipinski definition) is 1. The molecule has 1 rings (SSSR count). The lowest BCUT2D eigenvalue weighted by Gasteiger charge is -2.24. The number of benzene rings is 1. The SMILES string of the molecule is COCCC(C)N(C)CCc1ccccc1C(=O)O. The molecule has 0 spiro atoms. The van der Waals surface area contributed by atoms with Crippen LogP contribution in [0.4, 0.5) is 0 Å². The van der Waals surface area contributed by atoms with Crippen LogP contribution in [0, 0.1) is 0 Å². The number of carboxylic acids is 1. The van der Waals surface area contributed by atoms with E-state index in [1.807, 2.05) is 12.1 Å². The van der Waals surface area contributed by atoms with Crippen molar-refractivity contribution in [2.75, 3.05) is 27.3 Å². The van der Waals surface area contributed by atoms with E-state index in [9.17, 15) is 4.79 Å². The molecule has 19 heavy (non-hydrogen) atoms. The van der Waals surface area contributed by atoms with Gasteiger partial charge in [0.25, 0.3) is 0 Å². The Kier molecular flexibility index (Phi) is 6.53. The van der Waals surface area contributed by atoms with Crippen LogP contribution in [-0.2, 0) is 11.2 Å². The third-order valence-electron chi connectivity index (χ3n) is 3.47. The summed E-state index contributed by atoms with van der Waals surface area (Å²) in [4.78, 5) is 13.3. The minimum Gasteiger partial charge on any atom is -0.478 e. The van der Waals surface area contributed by atoms with Gasteiger partial charge in [-0.05, 0) is 38.4 Å². The fourth-order valence-corrected chi connectivity index (χ4v) is 1.97. The van der Waals surface area contributed by atoms with Crippen LogP contribution in [0.15, 0.2) is 24.3 Å². The predicted octanol–water partition coefficient (Wildman–Crippen LogP) is 2.28. The minimum absolute atomic E-state index is 0.403. The van der Waals surface area contributed by atoms with Crippen LogP contribution in [0.1, 0.15) is 29.3 Å². The number of methoxy groups -OCH3 is 1. The van der Waals surface area contributed by atoms with E-state index in [-0.39, 0.29) is 0 Å². The van der Waals surface area contributed by atoms with Crippen LogP contribution in [0.3, 0.4) is 0 Å². The van der Waals surface area contributed by atoms with E-state index >= 15 is 0 Å². The number of aromatic carboxylic acids is 1. The Hall–Kier alpha value is -1.39. The molecule has 1 unspecified atom stereocenters. The predicted molar refractivity (Wildman–Crippen MR) is 75.7 cm³/mol. The summed E-state index contributed by atoms with van der Waals surface area (Å²) in [5.41, 5.74) is 1.29. The van der Waals surface area contributed by atoms with Gasteiger partial charge in [0.05, 0.1) is 5.56 Å². The summed E-state index contributed by atoms with van der Waals surface area (Å²) in [6.07, 6.45) is 1.73. The fourth-order valence-electron chi connectivity index (χ4n) is 1.97. The normalized spacial score (nSPS) is 12.6. The van der Waals surface area contributed by atoms with Gasteiger partial charge in [0, 0.05) is 26.3 Å². The maximum atomic E-state index is 11.1. The monoisotopic (exact) mass is 265 g/mol. The Balaban J connectivity index is 2.54. The lowest BCUT2D eigenvalue weighted by atomic mass is 10.0. The number of likely N-dealkylation sites (N-methyl/N-ethyl adjacent to an activating group) is 1. The van der Waals surface area contributed by atoms with Gasteiger partial charge in [0.15, 0.2) is 0 Å². The first-order valence-electron chi connectivity index (χ1n) is 6.56. The average Bonchev–Trinajstić information content (AvgIpc) is 2.42. The van der Waals surface area contributed by atoms with E-state index in [1.165, 1.54) is 0 Å². The van der Waals surface area contributed by atoms with Crippen molar-refractivity contribution >= 4 is 5.97 Å². The van der Waals surface area contributed by atoms with Gasteiger partial charge in [-0.15, -0.1) is 0 Å². The van der Waals surface area contributed by atoms with Crippen molar-refractivity contribution < 1.29 is 14.6 Å². The molecule has 0 aliphatic rings. The molecule has 1 aromatic carbocycles. The lowest BCUT2D eigenvalue weighted by molar-refractivity contribution is 0.0695. The Morgan fingerprint density at radius 2 is 2.11 bits per heavy atom. The third kappa shape index (κ3) is 5.01. The van der Waals surface area contributed by atoms with Crippen molar-refractivity contribution in [1.82, 2.24) is 4.90 Å². The number of ether oxygens (including phenoxy) is 1. The first kappa shape index (κ1) is 15.7. The van der Waals surface area contributed by atoms with Crippen LogP contribution >= 0.6 is 0 Å². The number of rotatable bonds is 8. The molecule has 0 aliphatic heterocycles. The van der Waals surface area contributed by atoms with Crippen molar-refractivity contribution in [3.8, 4) is 0 Å². The molecule has 4 nitrogen and oxygen atoms in total. The molecule has 106 valence electrons. The van der Waals surface area contributed by atoms with Crippen molar-refractivity contribution in [3.05, 3.63) is 35.4 Å². The Labute approximate surface area is 115 Å². The molecular weight excluding hydrogens is 242 g/mol. The van der Waals surface area contributed by atoms with Crippen molar-refractivity contribution in [2.45, 2.75) is 25.8 Å². The molecule has 0 heterocycles. The molecular formula is C15H23NO3. The topological polar surface area (TPSA) is 49.8 Å². The van der Waals surface area contributed by atoms with E-state index in [0.717, 1.165) is 31.6 Å². The Bertz CT molecular complexity index is 406. The molecule has 0 amide bonds. The van der Waals surface area contributed by atoms with E-state index in [2.05, 4.69) is 18.9 Å². The van der Waals surface area contributed by atoms with E-state index in [1.54, 1.807) is 19.2 Å². The highest BCUT2D eigenvalue weighted by atomic mass is 16.5. The zero-order chi connectivity index (χ0) is 14.3. The highest BCUT2D eigenvalue weighted by Gasteiger charge is 2.12. The van der Waals surface area contributed by atoms with Crippen LogP contribution < -0.4 is 0 Å². The van der Waals surface area contributed by atoms with Gasteiger partial charge >= 0.3 is 5.97 Å². The largest absolute Gasteiger partial charge is 0.478 e. The second-order valence-electron chi connectivity index (χ2n) is 4.82. The molecule has 0 saturated carbocycles. The summed E-state index contributed by atoms with van der Waals surface area (Å²) < 4.78 is 5.07. The lowest BCUT2D eigenvalue weighted by Crippen LogP contribution is -2.32. The van der Waals surface area contributed by atoms with Crippen LogP contribution in [-0.4, -0.2) is 49.3 Å². The van der Waals surface area contributed by atoms with Crippen molar-refractivity contribution in [3.63, 3.8) is 0 Å². The quantitative estimate of drug-likeness (QED) is 0.783. The minimum atomic E-state index is -0.856. The molecule has 0 saturated heterocycles. The zero-order valence-electron chi connectivity index (χ0n) is 11.9. The molecule has 1 N–H and O–H groups in total. The molecule has 0 bridgehead atoms. The number of carboxylic acid groups (broad SMARTS) is 1. The first-order chi connectivity index (χ1) is 9.06. The van der Waals surface area contributed by atoms with Gasteiger partial charge in [-0.1, -0.05) is 18.2 Å². The van der Waals surface area contributed by atoms with Gasteiger partial charge in [0.1, 0.15) is 0 Å². The molecule has 0 aromatic heterocycles. The summed E-state index contributed by atoms with van der Waals surface area (Å²) in [6.45, 7) is 3.74.